The molecule has 16 heavy (non-hydrogen) atoms. The lowest BCUT2D eigenvalue weighted by Gasteiger charge is -2.22. The Morgan fingerprint density at radius 1 is 1.31 bits per heavy atom. The fraction of sp³-hybridized carbons (Fsp3) is 0.385. The fourth-order valence-electron chi connectivity index (χ4n) is 2.19. The first-order valence-electron chi connectivity index (χ1n) is 5.49. The molecule has 1 aromatic carbocycles. The molecule has 1 aliphatic heterocycles. The molecule has 2 N–H and O–H groups in total. The van der Waals surface area contributed by atoms with Crippen LogP contribution in [-0.4, -0.2) is 39.9 Å². The molecule has 1 heterocycles. The fourth-order valence-corrected chi connectivity index (χ4v) is 2.19. The Labute approximate surface area is 95.6 Å². The average Bonchev–Trinajstić information content (AvgIpc) is 2.56. The Kier molecular flexibility index (Phi) is 3.39. The monoisotopic (exact) mass is 219 g/mol. The molecular weight excluding hydrogens is 202 g/mol. The largest absolute Gasteiger partial charge is 0.389 e. The molecule has 3 unspecified atom stereocenters. The lowest BCUT2D eigenvalue weighted by Crippen LogP contribution is -2.33. The number of β-amino-alcohol motifs (C(OH)–C–C–N with tert-alkyl or cyclic N) is 1. The van der Waals surface area contributed by atoms with Crippen LogP contribution in [0, 0.1) is 0 Å². The van der Waals surface area contributed by atoms with E-state index in [1.165, 1.54) is 5.56 Å². The van der Waals surface area contributed by atoms with Crippen molar-refractivity contribution in [2.45, 2.75) is 24.8 Å². The molecule has 0 radical (unpaired) electrons. The van der Waals surface area contributed by atoms with Crippen LogP contribution < -0.4 is 0 Å². The van der Waals surface area contributed by atoms with Crippen molar-refractivity contribution in [3.8, 4) is 0 Å². The summed E-state index contributed by atoms with van der Waals surface area (Å²) in [6, 6.07) is 9.87. The molecule has 86 valence electrons. The topological polar surface area (TPSA) is 43.7 Å². The zero-order valence-corrected chi connectivity index (χ0v) is 9.16. The number of rotatable bonds is 3. The van der Waals surface area contributed by atoms with Gasteiger partial charge in [-0.2, -0.15) is 0 Å². The van der Waals surface area contributed by atoms with Gasteiger partial charge in [0.15, 0.2) is 0 Å². The lowest BCUT2D eigenvalue weighted by molar-refractivity contribution is 0.0465. The Bertz CT molecular complexity index is 352. The van der Waals surface area contributed by atoms with Gasteiger partial charge in [0.1, 0.15) is 6.10 Å². The van der Waals surface area contributed by atoms with E-state index in [2.05, 4.69) is 6.58 Å². The van der Waals surface area contributed by atoms with E-state index in [0.717, 1.165) is 6.54 Å². The summed E-state index contributed by atoms with van der Waals surface area (Å²) < 4.78 is 0. The summed E-state index contributed by atoms with van der Waals surface area (Å²) in [7, 11) is 0. The van der Waals surface area contributed by atoms with Gasteiger partial charge < -0.3 is 10.2 Å². The molecule has 1 fully saturated rings. The van der Waals surface area contributed by atoms with Crippen molar-refractivity contribution in [2.75, 3.05) is 6.54 Å². The summed E-state index contributed by atoms with van der Waals surface area (Å²) in [5, 5.41) is 19.4. The molecule has 0 amide bonds. The van der Waals surface area contributed by atoms with E-state index in [-0.39, 0.29) is 6.04 Å². The SMILES string of the molecule is C=CC1C(O)C(O)CN1Cc1ccccc1. The van der Waals surface area contributed by atoms with Crippen molar-refractivity contribution in [1.82, 2.24) is 4.90 Å². The first-order valence-corrected chi connectivity index (χ1v) is 5.49. The van der Waals surface area contributed by atoms with Gasteiger partial charge in [0, 0.05) is 13.1 Å². The summed E-state index contributed by atoms with van der Waals surface area (Å²) in [6.07, 6.45) is 0.303. The molecule has 2 rings (SSSR count). The van der Waals surface area contributed by atoms with Crippen LogP contribution in [0.3, 0.4) is 0 Å². The highest BCUT2D eigenvalue weighted by molar-refractivity contribution is 5.16. The zero-order chi connectivity index (χ0) is 11.5. The summed E-state index contributed by atoms with van der Waals surface area (Å²) in [4.78, 5) is 2.04. The third-order valence-electron chi connectivity index (χ3n) is 3.06. The quantitative estimate of drug-likeness (QED) is 0.738. The maximum Gasteiger partial charge on any atom is 0.100 e. The summed E-state index contributed by atoms with van der Waals surface area (Å²) in [5.41, 5.74) is 1.18. The summed E-state index contributed by atoms with van der Waals surface area (Å²) in [6.45, 7) is 4.93. The number of hydrogen-bond acceptors (Lipinski definition) is 3. The van der Waals surface area contributed by atoms with Gasteiger partial charge in [0.2, 0.25) is 0 Å². The molecule has 0 aliphatic carbocycles. The Balaban J connectivity index is 2.08. The Hall–Kier alpha value is -1.16. The number of nitrogens with zero attached hydrogens (tertiary/aromatic N) is 1. The van der Waals surface area contributed by atoms with Gasteiger partial charge in [0.05, 0.1) is 12.1 Å². The van der Waals surface area contributed by atoms with E-state index in [1.807, 2.05) is 35.2 Å². The van der Waals surface area contributed by atoms with Crippen LogP contribution >= 0.6 is 0 Å². The van der Waals surface area contributed by atoms with Crippen molar-refractivity contribution in [3.63, 3.8) is 0 Å². The number of likely N-dealkylation sites (tertiary alicyclic amines) is 1. The van der Waals surface area contributed by atoms with Gasteiger partial charge >= 0.3 is 0 Å². The van der Waals surface area contributed by atoms with Gasteiger partial charge in [-0.15, -0.1) is 6.58 Å². The van der Waals surface area contributed by atoms with Gasteiger partial charge in [-0.3, -0.25) is 4.90 Å². The molecule has 0 spiro atoms. The van der Waals surface area contributed by atoms with Crippen LogP contribution in [0.2, 0.25) is 0 Å². The number of hydrogen-bond donors (Lipinski definition) is 2. The minimum absolute atomic E-state index is 0.157. The van der Waals surface area contributed by atoms with Crippen LogP contribution in [0.25, 0.3) is 0 Å². The van der Waals surface area contributed by atoms with E-state index in [1.54, 1.807) is 6.08 Å². The number of aliphatic hydroxyl groups is 2. The van der Waals surface area contributed by atoms with Crippen LogP contribution in [0.4, 0.5) is 0 Å². The van der Waals surface area contributed by atoms with Crippen LogP contribution in [-0.2, 0) is 6.54 Å². The van der Waals surface area contributed by atoms with E-state index >= 15 is 0 Å². The first-order chi connectivity index (χ1) is 7.72. The molecule has 0 saturated carbocycles. The van der Waals surface area contributed by atoms with E-state index in [4.69, 9.17) is 0 Å². The second-order valence-electron chi connectivity index (χ2n) is 4.20. The maximum absolute atomic E-state index is 9.74. The third-order valence-corrected chi connectivity index (χ3v) is 3.06. The van der Waals surface area contributed by atoms with Gasteiger partial charge in [-0.25, -0.2) is 0 Å². The molecule has 1 aliphatic rings. The van der Waals surface area contributed by atoms with E-state index in [9.17, 15) is 10.2 Å². The normalized spacial score (nSPS) is 30.5. The van der Waals surface area contributed by atoms with Gasteiger partial charge in [0.25, 0.3) is 0 Å². The van der Waals surface area contributed by atoms with Crippen LogP contribution in [0.1, 0.15) is 5.56 Å². The molecule has 1 aromatic rings. The van der Waals surface area contributed by atoms with E-state index < -0.39 is 12.2 Å². The number of benzene rings is 1. The second kappa shape index (κ2) is 4.78. The minimum Gasteiger partial charge on any atom is -0.389 e. The predicted octanol–water partition coefficient (Wildman–Crippen LogP) is 0.779. The molecule has 1 saturated heterocycles. The average molecular weight is 219 g/mol. The van der Waals surface area contributed by atoms with Crippen molar-refractivity contribution in [3.05, 3.63) is 48.6 Å². The van der Waals surface area contributed by atoms with E-state index in [0.29, 0.717) is 6.54 Å². The van der Waals surface area contributed by atoms with Gasteiger partial charge in [-0.1, -0.05) is 36.4 Å². The Morgan fingerprint density at radius 2 is 2.00 bits per heavy atom. The minimum atomic E-state index is -0.721. The van der Waals surface area contributed by atoms with Gasteiger partial charge in [-0.05, 0) is 5.56 Å². The standard InChI is InChI=1S/C13H17NO2/c1-2-11-13(16)12(15)9-14(11)8-10-6-4-3-5-7-10/h2-7,11-13,15-16H,1,8-9H2. The van der Waals surface area contributed by atoms with Crippen molar-refractivity contribution >= 4 is 0 Å². The highest BCUT2D eigenvalue weighted by atomic mass is 16.3. The van der Waals surface area contributed by atoms with Crippen molar-refractivity contribution in [1.29, 1.82) is 0 Å². The summed E-state index contributed by atoms with van der Waals surface area (Å²) in [5.74, 6) is 0. The molecule has 3 nitrogen and oxygen atoms in total. The lowest BCUT2D eigenvalue weighted by atomic mass is 10.1. The highest BCUT2D eigenvalue weighted by Crippen LogP contribution is 2.21. The maximum atomic E-state index is 9.74. The highest BCUT2D eigenvalue weighted by Gasteiger charge is 2.37. The van der Waals surface area contributed by atoms with Crippen LogP contribution in [0.15, 0.2) is 43.0 Å². The van der Waals surface area contributed by atoms with Crippen molar-refractivity contribution < 1.29 is 10.2 Å². The molecule has 0 aromatic heterocycles. The molecule has 0 bridgehead atoms. The third kappa shape index (κ3) is 2.16. The first kappa shape index (κ1) is 11.3. The van der Waals surface area contributed by atoms with Crippen LogP contribution in [0.5, 0.6) is 0 Å². The summed E-state index contributed by atoms with van der Waals surface area (Å²) >= 11 is 0. The van der Waals surface area contributed by atoms with Crippen molar-refractivity contribution in [2.24, 2.45) is 0 Å². The molecule has 3 heteroatoms. The predicted molar refractivity (Wildman–Crippen MR) is 62.9 cm³/mol. The molecular formula is C13H17NO2. The smallest absolute Gasteiger partial charge is 0.100 e. The zero-order valence-electron chi connectivity index (χ0n) is 9.16. The Morgan fingerprint density at radius 3 is 2.62 bits per heavy atom. The molecule has 3 atom stereocenters. The second-order valence-corrected chi connectivity index (χ2v) is 4.20. The number of aliphatic hydroxyl groups excluding tert-OH is 2.